The zero-order valence-corrected chi connectivity index (χ0v) is 25.5. The van der Waals surface area contributed by atoms with Gasteiger partial charge < -0.3 is 29.6 Å². The van der Waals surface area contributed by atoms with Crippen molar-refractivity contribution >= 4 is 33.8 Å². The number of aldehydes is 1. The number of likely N-dealkylation sites (tertiary alicyclic amines) is 1. The summed E-state index contributed by atoms with van der Waals surface area (Å²) in [4.78, 5) is 29.2. The van der Waals surface area contributed by atoms with Gasteiger partial charge in [-0.1, -0.05) is 25.1 Å². The number of aromatic nitrogens is 3. The third-order valence-electron chi connectivity index (χ3n) is 9.42. The fraction of sp³-hybridized carbons (Fsp3) is 0.471. The number of nitrogens with one attached hydrogen (secondary N) is 1. The summed E-state index contributed by atoms with van der Waals surface area (Å²) in [5.74, 6) is 0.124. The van der Waals surface area contributed by atoms with E-state index in [-0.39, 0.29) is 35.7 Å². The number of nitrogens with zero attached hydrogens (tertiary/aromatic N) is 5. The van der Waals surface area contributed by atoms with E-state index in [1.54, 1.807) is 18.3 Å². The van der Waals surface area contributed by atoms with Crippen LogP contribution in [0.25, 0.3) is 32.9 Å². The van der Waals surface area contributed by atoms with Gasteiger partial charge in [-0.2, -0.15) is 9.97 Å². The molecule has 7 rings (SSSR count). The molecular formula is C34H39FN6O4. The van der Waals surface area contributed by atoms with Crippen LogP contribution in [0.1, 0.15) is 38.2 Å². The molecule has 10 nitrogen and oxygen atoms in total. The van der Waals surface area contributed by atoms with Crippen molar-refractivity contribution in [2.24, 2.45) is 0 Å². The van der Waals surface area contributed by atoms with Crippen LogP contribution in [0.3, 0.4) is 0 Å². The molecule has 3 aliphatic rings. The Morgan fingerprint density at radius 3 is 2.67 bits per heavy atom. The maximum Gasteiger partial charge on any atom is 0.319 e. The molecule has 0 spiro atoms. The third kappa shape index (κ3) is 6.04. The molecule has 2 bridgehead atoms. The first-order valence-corrected chi connectivity index (χ1v) is 16.0. The van der Waals surface area contributed by atoms with E-state index in [1.807, 2.05) is 18.2 Å². The highest BCUT2D eigenvalue weighted by Crippen LogP contribution is 2.39. The van der Waals surface area contributed by atoms with Crippen molar-refractivity contribution in [3.63, 3.8) is 0 Å². The van der Waals surface area contributed by atoms with Crippen LogP contribution < -0.4 is 15.0 Å². The number of phenols is 1. The SMILES string of the molecule is CCc1cccc2cc(O)cc(-c3ncc4c(N5CC6CCC(C5)N6)nc(OCCN5CCC(OCC=O)CC5)nc4c3F)c12. The molecule has 2 unspecified atom stereocenters. The number of carbonyl (C=O) groups is 1. The lowest BCUT2D eigenvalue weighted by atomic mass is 9.95. The second kappa shape index (κ2) is 12.8. The molecule has 0 radical (unpaired) electrons. The van der Waals surface area contributed by atoms with E-state index in [4.69, 9.17) is 14.5 Å². The quantitative estimate of drug-likeness (QED) is 0.252. The van der Waals surface area contributed by atoms with Gasteiger partial charge in [0.25, 0.3) is 0 Å². The molecule has 5 heterocycles. The molecular weight excluding hydrogens is 575 g/mol. The molecule has 2 aromatic carbocycles. The molecule has 3 fully saturated rings. The summed E-state index contributed by atoms with van der Waals surface area (Å²) in [5, 5.41) is 16.5. The lowest BCUT2D eigenvalue weighted by Crippen LogP contribution is -2.51. The average Bonchev–Trinajstić information content (AvgIpc) is 3.40. The number of piperazine rings is 1. The molecule has 45 heavy (non-hydrogen) atoms. The molecule has 0 saturated carbocycles. The standard InChI is InChI=1S/C34H39FN6O4/c1-2-21-4-3-5-22-16-25(43)17-27(29(21)22)31-30(35)32-28(18-36-31)33(41-19-23-6-7-24(20-41)37-23)39-34(38-32)45-14-12-40-10-8-26(9-11-40)44-15-13-42/h3-5,13,16-18,23-24,26,37,43H,2,6-12,14-15,19-20H2,1H3. The summed E-state index contributed by atoms with van der Waals surface area (Å²) in [6.45, 7) is 6.46. The summed E-state index contributed by atoms with van der Waals surface area (Å²) in [7, 11) is 0. The van der Waals surface area contributed by atoms with Gasteiger partial charge >= 0.3 is 6.01 Å². The monoisotopic (exact) mass is 614 g/mol. The Bertz CT molecular complexity index is 1700. The van der Waals surface area contributed by atoms with E-state index < -0.39 is 5.82 Å². The first-order valence-electron chi connectivity index (χ1n) is 16.0. The van der Waals surface area contributed by atoms with Crippen LogP contribution in [0.4, 0.5) is 10.2 Å². The number of fused-ring (bicyclic) bond motifs is 4. The van der Waals surface area contributed by atoms with Crippen molar-refractivity contribution in [3.8, 4) is 23.0 Å². The van der Waals surface area contributed by atoms with E-state index in [0.717, 1.165) is 80.9 Å². The number of hydrogen-bond acceptors (Lipinski definition) is 10. The lowest BCUT2D eigenvalue weighted by Gasteiger charge is -2.34. The number of phenolic OH excluding ortho intramolecular Hbond substituents is 1. The number of benzene rings is 2. The number of rotatable bonds is 10. The van der Waals surface area contributed by atoms with Crippen LogP contribution in [-0.2, 0) is 16.0 Å². The summed E-state index contributed by atoms with van der Waals surface area (Å²) < 4.78 is 28.4. The summed E-state index contributed by atoms with van der Waals surface area (Å²) >= 11 is 0. The van der Waals surface area contributed by atoms with E-state index in [9.17, 15) is 9.90 Å². The topological polar surface area (TPSA) is 113 Å². The molecule has 4 aromatic rings. The van der Waals surface area contributed by atoms with Gasteiger partial charge in [0.1, 0.15) is 42.3 Å². The molecule has 3 aliphatic heterocycles. The van der Waals surface area contributed by atoms with Gasteiger partial charge in [-0.15, -0.1) is 0 Å². The normalized spacial score (nSPS) is 20.7. The van der Waals surface area contributed by atoms with Crippen LogP contribution in [-0.4, -0.2) is 95.4 Å². The Morgan fingerprint density at radius 2 is 1.91 bits per heavy atom. The van der Waals surface area contributed by atoms with Gasteiger partial charge in [-0.25, -0.2) is 4.39 Å². The number of piperidine rings is 1. The second-order valence-electron chi connectivity index (χ2n) is 12.3. The van der Waals surface area contributed by atoms with Crippen LogP contribution >= 0.6 is 0 Å². The lowest BCUT2D eigenvalue weighted by molar-refractivity contribution is -0.114. The number of aryl methyl sites for hydroxylation is 1. The van der Waals surface area contributed by atoms with Crippen molar-refractivity contribution < 1.29 is 23.8 Å². The highest BCUT2D eigenvalue weighted by Gasteiger charge is 2.34. The zero-order chi connectivity index (χ0) is 30.9. The van der Waals surface area contributed by atoms with Crippen LogP contribution in [0.15, 0.2) is 36.5 Å². The Kier molecular flexibility index (Phi) is 8.48. The first-order chi connectivity index (χ1) is 22.0. The van der Waals surface area contributed by atoms with Gasteiger partial charge in [0, 0.05) is 56.6 Å². The first kappa shape index (κ1) is 29.8. The summed E-state index contributed by atoms with van der Waals surface area (Å²) in [5.41, 5.74) is 1.88. The number of hydrogen-bond donors (Lipinski definition) is 2. The maximum absolute atomic E-state index is 16.7. The van der Waals surface area contributed by atoms with Gasteiger partial charge in [0.15, 0.2) is 5.82 Å². The Hall–Kier alpha value is -3.93. The highest BCUT2D eigenvalue weighted by atomic mass is 19.1. The largest absolute Gasteiger partial charge is 0.508 e. The van der Waals surface area contributed by atoms with Crippen molar-refractivity contribution in [1.29, 1.82) is 0 Å². The number of carbonyl (C=O) groups excluding carboxylic acids is 1. The van der Waals surface area contributed by atoms with Crippen LogP contribution in [0.5, 0.6) is 11.8 Å². The smallest absolute Gasteiger partial charge is 0.319 e. The predicted molar refractivity (Wildman–Crippen MR) is 170 cm³/mol. The van der Waals surface area contributed by atoms with Crippen molar-refractivity contribution in [2.45, 2.75) is 57.2 Å². The van der Waals surface area contributed by atoms with Gasteiger partial charge in [0.05, 0.1) is 11.5 Å². The minimum absolute atomic E-state index is 0.0510. The van der Waals surface area contributed by atoms with Crippen molar-refractivity contribution in [3.05, 3.63) is 47.9 Å². The zero-order valence-electron chi connectivity index (χ0n) is 25.5. The number of halogens is 1. The van der Waals surface area contributed by atoms with Crippen molar-refractivity contribution in [1.82, 2.24) is 25.2 Å². The molecule has 236 valence electrons. The van der Waals surface area contributed by atoms with E-state index in [2.05, 4.69) is 32.0 Å². The van der Waals surface area contributed by atoms with Gasteiger partial charge in [-0.05, 0) is 60.6 Å². The highest BCUT2D eigenvalue weighted by molar-refractivity contribution is 6.01. The minimum atomic E-state index is -0.561. The fourth-order valence-corrected chi connectivity index (χ4v) is 7.20. The van der Waals surface area contributed by atoms with Crippen LogP contribution in [0, 0.1) is 5.82 Å². The van der Waals surface area contributed by atoms with E-state index in [1.165, 1.54) is 0 Å². The Labute approximate surface area is 261 Å². The molecule has 2 aromatic heterocycles. The third-order valence-corrected chi connectivity index (χ3v) is 9.42. The predicted octanol–water partition coefficient (Wildman–Crippen LogP) is 4.25. The average molecular weight is 615 g/mol. The molecule has 11 heteroatoms. The minimum Gasteiger partial charge on any atom is -0.508 e. The van der Waals surface area contributed by atoms with E-state index >= 15 is 4.39 Å². The number of aromatic hydroxyl groups is 1. The van der Waals surface area contributed by atoms with Crippen LogP contribution in [0.2, 0.25) is 0 Å². The number of anilines is 1. The Balaban J connectivity index is 1.22. The fourth-order valence-electron chi connectivity index (χ4n) is 7.20. The molecule has 3 saturated heterocycles. The number of pyridine rings is 1. The Morgan fingerprint density at radius 1 is 1.11 bits per heavy atom. The molecule has 0 aliphatic carbocycles. The van der Waals surface area contributed by atoms with Gasteiger partial charge in [0.2, 0.25) is 0 Å². The molecule has 2 N–H and O–H groups in total. The van der Waals surface area contributed by atoms with Gasteiger partial charge in [-0.3, -0.25) is 9.88 Å². The molecule has 0 amide bonds. The second-order valence-corrected chi connectivity index (χ2v) is 12.3. The number of ether oxygens (including phenoxy) is 2. The summed E-state index contributed by atoms with van der Waals surface area (Å²) in [6, 6.07) is 10.0. The van der Waals surface area contributed by atoms with Crippen molar-refractivity contribution in [2.75, 3.05) is 50.8 Å². The maximum atomic E-state index is 16.7. The molecule has 2 atom stereocenters. The van der Waals surface area contributed by atoms with E-state index in [0.29, 0.717) is 42.0 Å². The summed E-state index contributed by atoms with van der Waals surface area (Å²) in [6.07, 6.45) is 7.24.